The number of rotatable bonds is 4. The Morgan fingerprint density at radius 1 is 0.895 bits per heavy atom. The summed E-state index contributed by atoms with van der Waals surface area (Å²) in [7, 11) is 0. The second-order valence-corrected chi connectivity index (χ2v) is 11.0. The Balaban J connectivity index is 1.24. The third kappa shape index (κ3) is 5.75. The van der Waals surface area contributed by atoms with Gasteiger partial charge in [0.1, 0.15) is 0 Å². The summed E-state index contributed by atoms with van der Waals surface area (Å²) in [5.74, 6) is -0.316. The van der Waals surface area contributed by atoms with Crippen molar-refractivity contribution in [3.05, 3.63) is 92.1 Å². The monoisotopic (exact) mass is 561 g/mol. The Hall–Kier alpha value is -2.88. The van der Waals surface area contributed by atoms with Gasteiger partial charge in [-0.05, 0) is 71.8 Å². The number of carbonyl (C=O) groups excluding carboxylic acids is 2. The third-order valence-corrected chi connectivity index (χ3v) is 8.43. The van der Waals surface area contributed by atoms with Crippen molar-refractivity contribution in [3.63, 3.8) is 0 Å². The average Bonchev–Trinajstić information content (AvgIpc) is 3.24. The molecule has 2 aliphatic heterocycles. The first kappa shape index (κ1) is 26.7. The van der Waals surface area contributed by atoms with Crippen molar-refractivity contribution < 1.29 is 22.8 Å². The summed E-state index contributed by atoms with van der Waals surface area (Å²) in [5, 5.41) is 2.76. The number of hydrogen-bond acceptors (Lipinski definition) is 4. The smallest absolute Gasteiger partial charge is 0.340 e. The van der Waals surface area contributed by atoms with E-state index in [0.717, 1.165) is 30.7 Å². The van der Waals surface area contributed by atoms with Crippen LogP contribution in [-0.2, 0) is 17.4 Å². The maximum Gasteiger partial charge on any atom is 0.416 e. The summed E-state index contributed by atoms with van der Waals surface area (Å²) < 4.78 is 38.6. The van der Waals surface area contributed by atoms with Crippen molar-refractivity contribution in [1.29, 1.82) is 0 Å². The molecule has 38 heavy (non-hydrogen) atoms. The molecule has 3 heterocycles. The fraction of sp³-hybridized carbons (Fsp3) is 0.357. The highest BCUT2D eigenvalue weighted by Crippen LogP contribution is 2.38. The van der Waals surface area contributed by atoms with Gasteiger partial charge < -0.3 is 9.80 Å². The fourth-order valence-electron chi connectivity index (χ4n) is 5.20. The van der Waals surface area contributed by atoms with E-state index in [1.54, 1.807) is 21.1 Å². The van der Waals surface area contributed by atoms with E-state index in [1.807, 2.05) is 24.3 Å². The first-order valence-electron chi connectivity index (χ1n) is 12.5. The summed E-state index contributed by atoms with van der Waals surface area (Å²) in [6, 6.07) is 14.1. The second-order valence-electron chi connectivity index (χ2n) is 9.58. The number of benzene rings is 2. The lowest BCUT2D eigenvalue weighted by molar-refractivity contribution is -0.137. The minimum absolute atomic E-state index is 0.00599. The summed E-state index contributed by atoms with van der Waals surface area (Å²) in [6.45, 7) is 2.71. The predicted molar refractivity (Wildman–Crippen MR) is 141 cm³/mol. The van der Waals surface area contributed by atoms with Gasteiger partial charge in [0.25, 0.3) is 5.91 Å². The highest BCUT2D eigenvalue weighted by Gasteiger charge is 2.33. The fourth-order valence-corrected chi connectivity index (χ4v) is 6.23. The first-order valence-corrected chi connectivity index (χ1v) is 13.8. The number of hydrogen-bond donors (Lipinski definition) is 0. The average molecular weight is 562 g/mol. The van der Waals surface area contributed by atoms with E-state index in [4.69, 9.17) is 11.6 Å². The van der Waals surface area contributed by atoms with E-state index in [-0.39, 0.29) is 30.0 Å². The first-order chi connectivity index (χ1) is 18.2. The van der Waals surface area contributed by atoms with E-state index in [1.165, 1.54) is 22.6 Å². The quantitative estimate of drug-likeness (QED) is 0.408. The minimum Gasteiger partial charge on any atom is -0.340 e. The van der Waals surface area contributed by atoms with Crippen molar-refractivity contribution in [2.45, 2.75) is 25.1 Å². The van der Waals surface area contributed by atoms with Crippen LogP contribution in [0.15, 0.2) is 60.0 Å². The van der Waals surface area contributed by atoms with E-state index in [2.05, 4.69) is 16.3 Å². The van der Waals surface area contributed by atoms with Crippen molar-refractivity contribution in [3.8, 4) is 0 Å². The molecular weight excluding hydrogens is 535 g/mol. The number of amides is 2. The Morgan fingerprint density at radius 2 is 1.58 bits per heavy atom. The molecule has 2 aliphatic rings. The maximum atomic E-state index is 13.4. The van der Waals surface area contributed by atoms with Gasteiger partial charge in [0.05, 0.1) is 18.2 Å². The molecule has 1 saturated heterocycles. The Morgan fingerprint density at radius 3 is 2.29 bits per heavy atom. The summed E-state index contributed by atoms with van der Waals surface area (Å²) in [4.78, 5) is 33.3. The molecule has 0 N–H and O–H groups in total. The number of alkyl halides is 3. The van der Waals surface area contributed by atoms with Crippen LogP contribution in [-0.4, -0.2) is 65.8 Å². The predicted octanol–water partition coefficient (Wildman–Crippen LogP) is 5.74. The molecule has 1 unspecified atom stereocenters. The summed E-state index contributed by atoms with van der Waals surface area (Å²) in [6.07, 6.45) is -2.95. The number of halogens is 4. The molecule has 1 atom stereocenters. The Kier molecular flexibility index (Phi) is 7.79. The lowest BCUT2D eigenvalue weighted by atomic mass is 9.93. The molecule has 0 bridgehead atoms. The number of thiophene rings is 1. The highest BCUT2D eigenvalue weighted by molar-refractivity contribution is 7.10. The molecule has 1 aromatic heterocycles. The van der Waals surface area contributed by atoms with Gasteiger partial charge in [-0.25, -0.2) is 0 Å². The summed E-state index contributed by atoms with van der Waals surface area (Å²) in [5.41, 5.74) is 1.74. The lowest BCUT2D eigenvalue weighted by Gasteiger charge is -2.37. The molecule has 200 valence electrons. The molecular formula is C28H27ClF3N3O2S. The van der Waals surface area contributed by atoms with Crippen LogP contribution >= 0.6 is 22.9 Å². The number of fused-ring (bicyclic) bond motifs is 1. The van der Waals surface area contributed by atoms with E-state index in [9.17, 15) is 22.8 Å². The molecule has 5 nitrogen and oxygen atoms in total. The SMILES string of the molecule is O=C(CN1CCc2sccc2C1c1ccc(Cl)cc1)N1CCCN(C(=O)c2ccc(C(F)(F)F)cc2)CC1. The highest BCUT2D eigenvalue weighted by atomic mass is 35.5. The third-order valence-electron chi connectivity index (χ3n) is 7.18. The van der Waals surface area contributed by atoms with Crippen LogP contribution in [0.25, 0.3) is 0 Å². The van der Waals surface area contributed by atoms with Gasteiger partial charge in [0.15, 0.2) is 0 Å². The van der Waals surface area contributed by atoms with Crippen molar-refractivity contribution >= 4 is 34.8 Å². The van der Waals surface area contributed by atoms with Crippen LogP contribution in [0.4, 0.5) is 13.2 Å². The largest absolute Gasteiger partial charge is 0.416 e. The van der Waals surface area contributed by atoms with Gasteiger partial charge in [0, 0.05) is 48.2 Å². The zero-order chi connectivity index (χ0) is 26.9. The molecule has 0 spiro atoms. The number of carbonyl (C=O) groups is 2. The zero-order valence-electron chi connectivity index (χ0n) is 20.6. The summed E-state index contributed by atoms with van der Waals surface area (Å²) >= 11 is 7.86. The second kappa shape index (κ2) is 11.1. The van der Waals surface area contributed by atoms with Crippen molar-refractivity contribution in [2.75, 3.05) is 39.3 Å². The van der Waals surface area contributed by atoms with Gasteiger partial charge in [-0.3, -0.25) is 14.5 Å². The van der Waals surface area contributed by atoms with Gasteiger partial charge in [-0.1, -0.05) is 23.7 Å². The zero-order valence-corrected chi connectivity index (χ0v) is 22.2. The lowest BCUT2D eigenvalue weighted by Crippen LogP contribution is -2.45. The molecule has 2 aromatic carbocycles. The Labute approximate surface area is 228 Å². The van der Waals surface area contributed by atoms with Crippen molar-refractivity contribution in [2.24, 2.45) is 0 Å². The molecule has 5 rings (SSSR count). The van der Waals surface area contributed by atoms with E-state index < -0.39 is 11.7 Å². The molecule has 10 heteroatoms. The normalized spacial score (nSPS) is 18.7. The maximum absolute atomic E-state index is 13.4. The van der Waals surface area contributed by atoms with Crippen LogP contribution in [0.2, 0.25) is 5.02 Å². The van der Waals surface area contributed by atoms with Crippen molar-refractivity contribution in [1.82, 2.24) is 14.7 Å². The molecule has 0 saturated carbocycles. The van der Waals surface area contributed by atoms with E-state index in [0.29, 0.717) is 37.6 Å². The topological polar surface area (TPSA) is 43.9 Å². The molecule has 1 fully saturated rings. The minimum atomic E-state index is -4.45. The van der Waals surface area contributed by atoms with Gasteiger partial charge in [-0.2, -0.15) is 13.2 Å². The van der Waals surface area contributed by atoms with Crippen LogP contribution in [0.3, 0.4) is 0 Å². The molecule has 0 radical (unpaired) electrons. The van der Waals surface area contributed by atoms with Crippen LogP contribution < -0.4 is 0 Å². The Bertz CT molecular complexity index is 1290. The van der Waals surface area contributed by atoms with Gasteiger partial charge in [-0.15, -0.1) is 11.3 Å². The van der Waals surface area contributed by atoms with Crippen LogP contribution in [0, 0.1) is 0 Å². The molecule has 0 aliphatic carbocycles. The number of nitrogens with zero attached hydrogens (tertiary/aromatic N) is 3. The van der Waals surface area contributed by atoms with Gasteiger partial charge in [0.2, 0.25) is 5.91 Å². The van der Waals surface area contributed by atoms with E-state index >= 15 is 0 Å². The standard InChI is InChI=1S/C28H27ClF3N3O2S/c29-22-8-4-19(5-9-22)26-23-11-17-38-24(23)10-14-35(26)18-25(36)33-12-1-13-34(16-15-33)27(37)20-2-6-21(7-3-20)28(30,31)32/h2-9,11,17,26H,1,10,12-16,18H2. The molecule has 3 aromatic rings. The molecule has 2 amide bonds. The van der Waals surface area contributed by atoms with Crippen LogP contribution in [0.1, 0.15) is 44.4 Å². The van der Waals surface area contributed by atoms with Gasteiger partial charge >= 0.3 is 6.18 Å². The van der Waals surface area contributed by atoms with Crippen LogP contribution in [0.5, 0.6) is 0 Å².